The Morgan fingerprint density at radius 2 is 2.21 bits per heavy atom. The number of nitrogens with zero attached hydrogens (tertiary/aromatic N) is 3. The molecule has 0 aliphatic carbocycles. The first-order valence-electron chi connectivity index (χ1n) is 6.01. The summed E-state index contributed by atoms with van der Waals surface area (Å²) < 4.78 is 0. The maximum Gasteiger partial charge on any atom is 0.287 e. The van der Waals surface area contributed by atoms with E-state index in [2.05, 4.69) is 32.7 Å². The van der Waals surface area contributed by atoms with Crippen molar-refractivity contribution in [3.8, 4) is 0 Å². The summed E-state index contributed by atoms with van der Waals surface area (Å²) in [7, 11) is 0. The number of carbonyl (C=O) groups excluding carboxylic acids is 1. The third-order valence-corrected chi connectivity index (χ3v) is 3.16. The molecule has 7 heteroatoms. The molecule has 0 unspecified atom stereocenters. The number of aromatic nitrogens is 3. The van der Waals surface area contributed by atoms with E-state index in [9.17, 15) is 4.79 Å². The third-order valence-electron chi connectivity index (χ3n) is 2.28. The number of aryl methyl sites for hydroxylation is 1. The van der Waals surface area contributed by atoms with E-state index in [0.29, 0.717) is 16.0 Å². The number of nitrogens with one attached hydrogen (secondary N) is 2. The summed E-state index contributed by atoms with van der Waals surface area (Å²) >= 11 is 1.23. The van der Waals surface area contributed by atoms with Crippen LogP contribution in [0.4, 0.5) is 10.9 Å². The van der Waals surface area contributed by atoms with Gasteiger partial charge in [-0.2, -0.15) is 0 Å². The summed E-state index contributed by atoms with van der Waals surface area (Å²) in [5, 5.41) is 14.5. The van der Waals surface area contributed by atoms with Gasteiger partial charge in [0, 0.05) is 12.2 Å². The Hall–Kier alpha value is -2.02. The number of carbonyl (C=O) groups is 1. The first-order chi connectivity index (χ1) is 9.19. The van der Waals surface area contributed by atoms with Gasteiger partial charge in [-0.1, -0.05) is 24.3 Å². The van der Waals surface area contributed by atoms with Crippen molar-refractivity contribution < 1.29 is 4.79 Å². The van der Waals surface area contributed by atoms with E-state index in [1.165, 1.54) is 11.3 Å². The van der Waals surface area contributed by atoms with Gasteiger partial charge in [0.25, 0.3) is 5.91 Å². The summed E-state index contributed by atoms with van der Waals surface area (Å²) in [4.78, 5) is 16.1. The van der Waals surface area contributed by atoms with E-state index < -0.39 is 0 Å². The van der Waals surface area contributed by atoms with Crippen LogP contribution in [0.25, 0.3) is 0 Å². The number of pyridine rings is 1. The summed E-state index contributed by atoms with van der Waals surface area (Å²) in [5.74, 6) is 0.225. The van der Waals surface area contributed by atoms with Crippen molar-refractivity contribution in [3.05, 3.63) is 28.9 Å². The first kappa shape index (κ1) is 13.4. The van der Waals surface area contributed by atoms with Crippen molar-refractivity contribution in [1.29, 1.82) is 0 Å². The van der Waals surface area contributed by atoms with Gasteiger partial charge >= 0.3 is 0 Å². The van der Waals surface area contributed by atoms with Crippen LogP contribution in [0.15, 0.2) is 18.2 Å². The van der Waals surface area contributed by atoms with Crippen LogP contribution in [0, 0.1) is 6.92 Å². The van der Waals surface area contributed by atoms with Crippen LogP contribution in [0.2, 0.25) is 0 Å². The molecule has 0 saturated carbocycles. The number of amides is 1. The Balaban J connectivity index is 2.01. The van der Waals surface area contributed by atoms with Crippen LogP contribution in [0.5, 0.6) is 0 Å². The highest BCUT2D eigenvalue weighted by molar-refractivity contribution is 7.17. The molecule has 0 saturated heterocycles. The Labute approximate surface area is 115 Å². The van der Waals surface area contributed by atoms with E-state index in [0.717, 1.165) is 18.7 Å². The minimum Gasteiger partial charge on any atom is -0.360 e. The maximum absolute atomic E-state index is 11.9. The Morgan fingerprint density at radius 1 is 1.37 bits per heavy atom. The van der Waals surface area contributed by atoms with Crippen LogP contribution in [0.1, 0.15) is 28.8 Å². The van der Waals surface area contributed by atoms with Gasteiger partial charge in [0.05, 0.1) is 0 Å². The second kappa shape index (κ2) is 6.24. The molecule has 1 amide bonds. The molecule has 0 bridgehead atoms. The lowest BCUT2D eigenvalue weighted by Gasteiger charge is -2.01. The lowest BCUT2D eigenvalue weighted by molar-refractivity contribution is 0.102. The van der Waals surface area contributed by atoms with Gasteiger partial charge in [0.2, 0.25) is 10.1 Å². The molecule has 0 atom stereocenters. The zero-order valence-corrected chi connectivity index (χ0v) is 11.6. The number of hydrogen-bond donors (Lipinski definition) is 2. The predicted octanol–water partition coefficient (Wildman–Crippen LogP) is 2.32. The molecule has 19 heavy (non-hydrogen) atoms. The predicted molar refractivity (Wildman–Crippen MR) is 75.6 cm³/mol. The van der Waals surface area contributed by atoms with Gasteiger partial charge in [-0.3, -0.25) is 4.79 Å². The van der Waals surface area contributed by atoms with E-state index >= 15 is 0 Å². The van der Waals surface area contributed by atoms with Crippen molar-refractivity contribution in [3.63, 3.8) is 0 Å². The molecule has 0 radical (unpaired) electrons. The van der Waals surface area contributed by atoms with Crippen molar-refractivity contribution >= 4 is 28.2 Å². The minimum atomic E-state index is -0.292. The summed E-state index contributed by atoms with van der Waals surface area (Å²) in [5.41, 5.74) is 0.848. The molecular weight excluding hydrogens is 262 g/mol. The quantitative estimate of drug-likeness (QED) is 0.876. The lowest BCUT2D eigenvalue weighted by atomic mass is 10.4. The molecule has 2 aromatic rings. The zero-order valence-electron chi connectivity index (χ0n) is 10.8. The van der Waals surface area contributed by atoms with E-state index in [1.54, 1.807) is 6.07 Å². The van der Waals surface area contributed by atoms with E-state index in [4.69, 9.17) is 0 Å². The smallest absolute Gasteiger partial charge is 0.287 e. The van der Waals surface area contributed by atoms with Gasteiger partial charge in [-0.05, 0) is 25.5 Å². The molecule has 2 N–H and O–H groups in total. The largest absolute Gasteiger partial charge is 0.360 e. The Morgan fingerprint density at radius 3 is 2.95 bits per heavy atom. The Kier molecular flexibility index (Phi) is 4.40. The average Bonchev–Trinajstić information content (AvgIpc) is 2.85. The molecule has 2 rings (SSSR count). The van der Waals surface area contributed by atoms with Crippen LogP contribution >= 0.6 is 11.3 Å². The molecule has 0 aliphatic rings. The normalized spacial score (nSPS) is 10.2. The molecule has 0 aromatic carbocycles. The molecule has 100 valence electrons. The van der Waals surface area contributed by atoms with Gasteiger partial charge in [-0.25, -0.2) is 4.98 Å². The molecule has 0 spiro atoms. The van der Waals surface area contributed by atoms with Crippen LogP contribution in [-0.2, 0) is 0 Å². The van der Waals surface area contributed by atoms with Crippen LogP contribution in [0.3, 0.4) is 0 Å². The first-order valence-corrected chi connectivity index (χ1v) is 6.83. The number of anilines is 2. The van der Waals surface area contributed by atoms with Gasteiger partial charge in [-0.15, -0.1) is 10.2 Å². The highest BCUT2D eigenvalue weighted by Gasteiger charge is 2.13. The van der Waals surface area contributed by atoms with Gasteiger partial charge < -0.3 is 10.6 Å². The fourth-order valence-corrected chi connectivity index (χ4v) is 2.07. The summed E-state index contributed by atoms with van der Waals surface area (Å²) in [6.07, 6.45) is 0.994. The van der Waals surface area contributed by atoms with Gasteiger partial charge in [0.1, 0.15) is 5.82 Å². The lowest BCUT2D eigenvalue weighted by Crippen LogP contribution is -2.12. The van der Waals surface area contributed by atoms with Gasteiger partial charge in [0.15, 0.2) is 0 Å². The van der Waals surface area contributed by atoms with Crippen molar-refractivity contribution in [2.75, 3.05) is 17.2 Å². The highest BCUT2D eigenvalue weighted by atomic mass is 32.1. The molecule has 2 heterocycles. The Bertz CT molecular complexity index is 569. The monoisotopic (exact) mass is 277 g/mol. The second-order valence-corrected chi connectivity index (χ2v) is 4.93. The molecule has 0 aliphatic heterocycles. The number of hydrogen-bond acceptors (Lipinski definition) is 6. The third kappa shape index (κ3) is 3.72. The minimum absolute atomic E-state index is 0.292. The highest BCUT2D eigenvalue weighted by Crippen LogP contribution is 2.16. The number of rotatable bonds is 5. The molecular formula is C12H15N5OS. The van der Waals surface area contributed by atoms with E-state index in [1.807, 2.05) is 19.1 Å². The second-order valence-electron chi connectivity index (χ2n) is 3.96. The molecule has 0 fully saturated rings. The van der Waals surface area contributed by atoms with Crippen molar-refractivity contribution in [2.45, 2.75) is 20.3 Å². The summed E-state index contributed by atoms with van der Waals surface area (Å²) in [6, 6.07) is 5.45. The topological polar surface area (TPSA) is 79.8 Å². The molecule has 6 nitrogen and oxygen atoms in total. The fraction of sp³-hybridized carbons (Fsp3) is 0.333. The zero-order chi connectivity index (χ0) is 13.7. The van der Waals surface area contributed by atoms with Crippen molar-refractivity contribution in [1.82, 2.24) is 15.2 Å². The van der Waals surface area contributed by atoms with Crippen molar-refractivity contribution in [2.24, 2.45) is 0 Å². The van der Waals surface area contributed by atoms with Crippen LogP contribution in [-0.4, -0.2) is 27.6 Å². The van der Waals surface area contributed by atoms with Crippen LogP contribution < -0.4 is 10.6 Å². The fourth-order valence-electron chi connectivity index (χ4n) is 1.40. The standard InChI is InChI=1S/C12H15N5OS/c1-3-7-13-12-17-16-11(19-12)10(18)15-9-6-4-5-8(2)14-9/h4-6H,3,7H2,1-2H3,(H,13,17)(H,14,15,18). The SMILES string of the molecule is CCCNc1nnc(C(=O)Nc2cccc(C)n2)s1. The van der Waals surface area contributed by atoms with E-state index in [-0.39, 0.29) is 5.91 Å². The average molecular weight is 277 g/mol. The summed E-state index contributed by atoms with van der Waals surface area (Å²) in [6.45, 7) is 4.74. The molecule has 2 aromatic heterocycles. The maximum atomic E-state index is 11.9.